The fourth-order valence-corrected chi connectivity index (χ4v) is 2.49. The summed E-state index contributed by atoms with van der Waals surface area (Å²) < 4.78 is 0. The summed E-state index contributed by atoms with van der Waals surface area (Å²) in [6, 6.07) is 5.63. The maximum Gasteiger partial charge on any atom is 0.225 e. The van der Waals surface area contributed by atoms with Gasteiger partial charge in [-0.15, -0.1) is 24.8 Å². The highest BCUT2D eigenvalue weighted by Gasteiger charge is 2.22. The molecule has 5 nitrogen and oxygen atoms in total. The molecule has 4 N–H and O–H groups in total. The smallest absolute Gasteiger partial charge is 0.225 e. The fraction of sp³-hybridized carbons (Fsp3) is 0.467. The summed E-state index contributed by atoms with van der Waals surface area (Å²) in [4.78, 5) is 19.7. The van der Waals surface area contributed by atoms with Gasteiger partial charge in [0, 0.05) is 24.1 Å². The average Bonchev–Trinajstić information content (AvgIpc) is 2.67. The Morgan fingerprint density at radius 1 is 1.45 bits per heavy atom. The molecule has 1 unspecified atom stereocenters. The molecule has 0 bridgehead atoms. The second-order valence-electron chi connectivity index (χ2n) is 5.71. The molecule has 1 aliphatic carbocycles. The van der Waals surface area contributed by atoms with Gasteiger partial charge in [-0.3, -0.25) is 4.79 Å². The Bertz CT molecular complexity index is 638. The summed E-state index contributed by atoms with van der Waals surface area (Å²) in [6.45, 7) is 1.82. The Labute approximate surface area is 142 Å². The summed E-state index contributed by atoms with van der Waals surface area (Å²) in [5.41, 5.74) is 8.34. The van der Waals surface area contributed by atoms with Crippen molar-refractivity contribution in [1.29, 1.82) is 0 Å². The highest BCUT2D eigenvalue weighted by molar-refractivity contribution is 5.93. The first-order chi connectivity index (χ1) is 9.61. The topological polar surface area (TPSA) is 83.8 Å². The van der Waals surface area contributed by atoms with E-state index in [1.165, 1.54) is 19.3 Å². The van der Waals surface area contributed by atoms with Crippen LogP contribution in [0.1, 0.15) is 44.3 Å². The van der Waals surface area contributed by atoms with Gasteiger partial charge in [-0.05, 0) is 38.0 Å². The molecule has 22 heavy (non-hydrogen) atoms. The minimum absolute atomic E-state index is 0. The van der Waals surface area contributed by atoms with Crippen LogP contribution in [0.25, 0.3) is 11.0 Å². The summed E-state index contributed by atoms with van der Waals surface area (Å²) in [6.07, 6.45) is 4.06. The van der Waals surface area contributed by atoms with Crippen LogP contribution in [0.2, 0.25) is 0 Å². The van der Waals surface area contributed by atoms with Crippen LogP contribution >= 0.6 is 24.8 Å². The monoisotopic (exact) mass is 344 g/mol. The molecule has 3 rings (SSSR count). The molecule has 0 aliphatic heterocycles. The van der Waals surface area contributed by atoms with Crippen LogP contribution < -0.4 is 11.1 Å². The molecular weight excluding hydrogens is 323 g/mol. The maximum absolute atomic E-state index is 11.7. The zero-order valence-electron chi connectivity index (χ0n) is 12.5. The van der Waals surface area contributed by atoms with Gasteiger partial charge in [0.15, 0.2) is 0 Å². The number of rotatable bonds is 4. The first kappa shape index (κ1) is 18.7. The lowest BCUT2D eigenvalue weighted by Crippen LogP contribution is -2.23. The number of nitrogens with one attached hydrogen (secondary N) is 2. The van der Waals surface area contributed by atoms with Gasteiger partial charge >= 0.3 is 0 Å². The molecule has 2 aromatic rings. The van der Waals surface area contributed by atoms with Crippen molar-refractivity contribution in [2.75, 3.05) is 5.32 Å². The van der Waals surface area contributed by atoms with Crippen molar-refractivity contribution >= 4 is 47.4 Å². The third-order valence-electron chi connectivity index (χ3n) is 3.78. The number of aromatic nitrogens is 2. The number of carbonyl (C=O) groups excluding carboxylic acids is 1. The summed E-state index contributed by atoms with van der Waals surface area (Å²) in [5, 5.41) is 2.87. The van der Waals surface area contributed by atoms with E-state index < -0.39 is 0 Å². The Morgan fingerprint density at radius 2 is 2.18 bits per heavy atom. The van der Waals surface area contributed by atoms with Gasteiger partial charge < -0.3 is 16.0 Å². The average molecular weight is 345 g/mol. The number of aromatic amines is 1. The lowest BCUT2D eigenvalue weighted by Gasteiger charge is -2.22. The van der Waals surface area contributed by atoms with Gasteiger partial charge in [0.25, 0.3) is 0 Å². The molecule has 0 spiro atoms. The number of amides is 1. The van der Waals surface area contributed by atoms with Gasteiger partial charge in [-0.25, -0.2) is 4.98 Å². The van der Waals surface area contributed by atoms with Crippen molar-refractivity contribution in [3.63, 3.8) is 0 Å². The third-order valence-corrected chi connectivity index (χ3v) is 3.78. The van der Waals surface area contributed by atoms with Crippen LogP contribution in [0, 0.1) is 0 Å². The number of imidazole rings is 1. The van der Waals surface area contributed by atoms with Crippen molar-refractivity contribution in [2.45, 2.75) is 44.6 Å². The van der Waals surface area contributed by atoms with E-state index in [-0.39, 0.29) is 36.8 Å². The van der Waals surface area contributed by atoms with Crippen LogP contribution in [-0.2, 0) is 4.79 Å². The van der Waals surface area contributed by atoms with Gasteiger partial charge in [0.1, 0.15) is 5.82 Å². The van der Waals surface area contributed by atoms with Crippen LogP contribution in [-0.4, -0.2) is 21.9 Å². The standard InChI is InChI=1S/C15H20N4O.2ClH/c1-9(16)7-14(20)17-11-5-6-12-13(8-11)19-15(18-12)10-3-2-4-10;;/h5-6,8-10H,2-4,7,16H2,1H3,(H,17,20)(H,18,19);2*1H. The quantitative estimate of drug-likeness (QED) is 0.795. The Hall–Kier alpha value is -1.30. The van der Waals surface area contributed by atoms with Gasteiger partial charge in [-0.1, -0.05) is 6.42 Å². The van der Waals surface area contributed by atoms with Gasteiger partial charge in [0.05, 0.1) is 11.0 Å². The lowest BCUT2D eigenvalue weighted by molar-refractivity contribution is -0.116. The molecule has 1 atom stereocenters. The van der Waals surface area contributed by atoms with E-state index in [1.807, 2.05) is 25.1 Å². The number of halogens is 2. The number of benzene rings is 1. The zero-order chi connectivity index (χ0) is 14.1. The van der Waals surface area contributed by atoms with E-state index in [4.69, 9.17) is 5.73 Å². The van der Waals surface area contributed by atoms with E-state index in [0.717, 1.165) is 22.5 Å². The Balaban J connectivity index is 0.00000121. The van der Waals surface area contributed by atoms with Crippen molar-refractivity contribution < 1.29 is 4.79 Å². The highest BCUT2D eigenvalue weighted by Crippen LogP contribution is 2.35. The SMILES string of the molecule is CC(N)CC(=O)Nc1ccc2nc(C3CCC3)[nH]c2c1.Cl.Cl. The number of carbonyl (C=O) groups is 1. The van der Waals surface area contributed by atoms with E-state index >= 15 is 0 Å². The number of anilines is 1. The van der Waals surface area contributed by atoms with Crippen molar-refractivity contribution in [3.05, 3.63) is 24.0 Å². The van der Waals surface area contributed by atoms with Gasteiger partial charge in [0.2, 0.25) is 5.91 Å². The van der Waals surface area contributed by atoms with Crippen LogP contribution in [0.15, 0.2) is 18.2 Å². The molecule has 1 fully saturated rings. The molecule has 1 amide bonds. The van der Waals surface area contributed by atoms with Crippen LogP contribution in [0.5, 0.6) is 0 Å². The largest absolute Gasteiger partial charge is 0.342 e. The van der Waals surface area contributed by atoms with Crippen LogP contribution in [0.4, 0.5) is 5.69 Å². The number of nitrogens with two attached hydrogens (primary N) is 1. The molecule has 0 radical (unpaired) electrons. The number of H-pyrrole nitrogens is 1. The minimum Gasteiger partial charge on any atom is -0.342 e. The molecule has 1 aromatic carbocycles. The van der Waals surface area contributed by atoms with Crippen LogP contribution in [0.3, 0.4) is 0 Å². The first-order valence-corrected chi connectivity index (χ1v) is 7.17. The first-order valence-electron chi connectivity index (χ1n) is 7.17. The predicted octanol–water partition coefficient (Wildman–Crippen LogP) is 3.35. The molecule has 7 heteroatoms. The molecule has 0 saturated heterocycles. The second kappa shape index (κ2) is 7.81. The summed E-state index contributed by atoms with van der Waals surface area (Å²) >= 11 is 0. The molecule has 1 saturated carbocycles. The fourth-order valence-electron chi connectivity index (χ4n) is 2.49. The zero-order valence-corrected chi connectivity index (χ0v) is 14.1. The highest BCUT2D eigenvalue weighted by atomic mass is 35.5. The Kier molecular flexibility index (Phi) is 6.66. The molecular formula is C15H22Cl2N4O. The van der Waals surface area contributed by atoms with Gasteiger partial charge in [-0.2, -0.15) is 0 Å². The predicted molar refractivity (Wildman–Crippen MR) is 94.1 cm³/mol. The third kappa shape index (κ3) is 4.12. The maximum atomic E-state index is 11.7. The number of fused-ring (bicyclic) bond motifs is 1. The summed E-state index contributed by atoms with van der Waals surface area (Å²) in [5.74, 6) is 1.60. The summed E-state index contributed by atoms with van der Waals surface area (Å²) in [7, 11) is 0. The lowest BCUT2D eigenvalue weighted by atomic mass is 9.85. The number of nitrogens with zero attached hydrogens (tertiary/aromatic N) is 1. The number of hydrogen-bond donors (Lipinski definition) is 3. The van der Waals surface area contributed by atoms with Crippen molar-refractivity contribution in [3.8, 4) is 0 Å². The van der Waals surface area contributed by atoms with E-state index in [1.54, 1.807) is 0 Å². The molecule has 1 heterocycles. The molecule has 1 aliphatic rings. The van der Waals surface area contributed by atoms with E-state index in [0.29, 0.717) is 12.3 Å². The van der Waals surface area contributed by atoms with Crippen molar-refractivity contribution in [1.82, 2.24) is 9.97 Å². The Morgan fingerprint density at radius 3 is 2.77 bits per heavy atom. The van der Waals surface area contributed by atoms with Crippen molar-refractivity contribution in [2.24, 2.45) is 5.73 Å². The minimum atomic E-state index is -0.129. The second-order valence-corrected chi connectivity index (χ2v) is 5.71. The normalized spacial score (nSPS) is 15.4. The van der Waals surface area contributed by atoms with E-state index in [2.05, 4.69) is 15.3 Å². The molecule has 1 aromatic heterocycles. The van der Waals surface area contributed by atoms with E-state index in [9.17, 15) is 4.79 Å². The molecule has 122 valence electrons. The number of hydrogen-bond acceptors (Lipinski definition) is 3.